The minimum atomic E-state index is -1.31. The number of amides is 1. The summed E-state index contributed by atoms with van der Waals surface area (Å²) < 4.78 is 0. The second-order valence-electron chi connectivity index (χ2n) is 5.27. The first-order valence-corrected chi connectivity index (χ1v) is 6.17. The zero-order chi connectivity index (χ0) is 15.3. The highest BCUT2D eigenvalue weighted by atomic mass is 16.4. The van der Waals surface area contributed by atoms with E-state index in [9.17, 15) is 14.7 Å². The van der Waals surface area contributed by atoms with Gasteiger partial charge < -0.3 is 20.6 Å². The van der Waals surface area contributed by atoms with E-state index in [0.717, 1.165) is 5.56 Å². The summed E-state index contributed by atoms with van der Waals surface area (Å²) in [6, 6.07) is 6.07. The SMILES string of the molecule is CC(C)(CO)C(O)C(=O)NCc1ccc(C(=O)O)cc1. The summed E-state index contributed by atoms with van der Waals surface area (Å²) in [5, 5.41) is 30.2. The zero-order valence-electron chi connectivity index (χ0n) is 11.5. The average Bonchev–Trinajstić information content (AvgIpc) is 2.44. The van der Waals surface area contributed by atoms with Crippen molar-refractivity contribution >= 4 is 11.9 Å². The number of aliphatic hydroxyl groups excluding tert-OH is 2. The summed E-state index contributed by atoms with van der Waals surface area (Å²) >= 11 is 0. The van der Waals surface area contributed by atoms with Gasteiger partial charge in [0.1, 0.15) is 6.10 Å². The topological polar surface area (TPSA) is 107 Å². The number of carboxylic acid groups (broad SMARTS) is 1. The lowest BCUT2D eigenvalue weighted by Gasteiger charge is -2.27. The van der Waals surface area contributed by atoms with Crippen LogP contribution in [0.5, 0.6) is 0 Å². The molecule has 0 radical (unpaired) electrons. The van der Waals surface area contributed by atoms with E-state index < -0.39 is 23.4 Å². The lowest BCUT2D eigenvalue weighted by molar-refractivity contribution is -0.137. The summed E-state index contributed by atoms with van der Waals surface area (Å²) in [6.07, 6.45) is -1.31. The van der Waals surface area contributed by atoms with Crippen LogP contribution in [0.3, 0.4) is 0 Å². The van der Waals surface area contributed by atoms with Crippen molar-refractivity contribution in [2.75, 3.05) is 6.61 Å². The third kappa shape index (κ3) is 4.04. The van der Waals surface area contributed by atoms with E-state index in [2.05, 4.69) is 5.32 Å². The van der Waals surface area contributed by atoms with Gasteiger partial charge >= 0.3 is 5.97 Å². The third-order valence-electron chi connectivity index (χ3n) is 3.06. The van der Waals surface area contributed by atoms with Crippen molar-refractivity contribution < 1.29 is 24.9 Å². The Balaban J connectivity index is 2.59. The molecular weight excluding hydrogens is 262 g/mol. The fourth-order valence-electron chi connectivity index (χ4n) is 1.49. The summed E-state index contributed by atoms with van der Waals surface area (Å²) in [5.41, 5.74) is -0.0315. The summed E-state index contributed by atoms with van der Waals surface area (Å²) in [6.45, 7) is 3.03. The highest BCUT2D eigenvalue weighted by Crippen LogP contribution is 2.19. The van der Waals surface area contributed by atoms with E-state index in [1.165, 1.54) is 12.1 Å². The second kappa shape index (κ2) is 6.49. The van der Waals surface area contributed by atoms with Gasteiger partial charge in [-0.3, -0.25) is 4.79 Å². The van der Waals surface area contributed by atoms with Crippen molar-refractivity contribution in [1.29, 1.82) is 0 Å². The van der Waals surface area contributed by atoms with E-state index >= 15 is 0 Å². The maximum Gasteiger partial charge on any atom is 0.335 e. The summed E-state index contributed by atoms with van der Waals surface area (Å²) in [4.78, 5) is 22.4. The van der Waals surface area contributed by atoms with Gasteiger partial charge in [-0.1, -0.05) is 26.0 Å². The fraction of sp³-hybridized carbons (Fsp3) is 0.429. The molecule has 1 aromatic rings. The number of hydrogen-bond donors (Lipinski definition) is 4. The molecule has 0 aliphatic heterocycles. The molecule has 1 unspecified atom stereocenters. The number of rotatable bonds is 6. The van der Waals surface area contributed by atoms with Crippen molar-refractivity contribution in [2.24, 2.45) is 5.41 Å². The Morgan fingerprint density at radius 2 is 1.80 bits per heavy atom. The molecule has 1 amide bonds. The molecule has 0 aromatic heterocycles. The van der Waals surface area contributed by atoms with E-state index in [1.807, 2.05) is 0 Å². The smallest absolute Gasteiger partial charge is 0.335 e. The van der Waals surface area contributed by atoms with Crippen molar-refractivity contribution in [3.05, 3.63) is 35.4 Å². The molecule has 0 heterocycles. The molecule has 0 aliphatic carbocycles. The molecule has 0 aliphatic rings. The quantitative estimate of drug-likeness (QED) is 0.603. The molecular formula is C14H19NO5. The second-order valence-corrected chi connectivity index (χ2v) is 5.27. The Kier molecular flexibility index (Phi) is 5.24. The van der Waals surface area contributed by atoms with Gasteiger partial charge in [-0.2, -0.15) is 0 Å². The van der Waals surface area contributed by atoms with Crippen LogP contribution in [0.4, 0.5) is 0 Å². The molecule has 0 bridgehead atoms. The van der Waals surface area contributed by atoms with Crippen LogP contribution in [0.1, 0.15) is 29.8 Å². The molecule has 4 N–H and O–H groups in total. The number of carboxylic acids is 1. The van der Waals surface area contributed by atoms with Crippen LogP contribution < -0.4 is 5.32 Å². The largest absolute Gasteiger partial charge is 0.478 e. The average molecular weight is 281 g/mol. The maximum atomic E-state index is 11.7. The number of benzene rings is 1. The van der Waals surface area contributed by atoms with Gasteiger partial charge in [-0.25, -0.2) is 4.79 Å². The van der Waals surface area contributed by atoms with Gasteiger partial charge in [0.15, 0.2) is 0 Å². The Bertz CT molecular complexity index is 481. The Hall–Kier alpha value is -1.92. The standard InChI is InChI=1S/C14H19NO5/c1-14(2,8-16)11(17)12(18)15-7-9-3-5-10(6-4-9)13(19)20/h3-6,11,16-17H,7-8H2,1-2H3,(H,15,18)(H,19,20). The number of nitrogens with one attached hydrogen (secondary N) is 1. The molecule has 6 heteroatoms. The molecule has 0 saturated carbocycles. The lowest BCUT2D eigenvalue weighted by atomic mass is 9.87. The van der Waals surface area contributed by atoms with E-state index in [4.69, 9.17) is 10.2 Å². The minimum absolute atomic E-state index is 0.168. The van der Waals surface area contributed by atoms with Crippen molar-refractivity contribution in [3.8, 4) is 0 Å². The Morgan fingerprint density at radius 1 is 1.25 bits per heavy atom. The van der Waals surface area contributed by atoms with Crippen LogP contribution >= 0.6 is 0 Å². The molecule has 1 aromatic carbocycles. The Morgan fingerprint density at radius 3 is 2.25 bits per heavy atom. The molecule has 0 spiro atoms. The van der Waals surface area contributed by atoms with E-state index in [0.29, 0.717) is 0 Å². The van der Waals surface area contributed by atoms with Gasteiger partial charge in [0.05, 0.1) is 12.2 Å². The van der Waals surface area contributed by atoms with E-state index in [1.54, 1.807) is 26.0 Å². The van der Waals surface area contributed by atoms with E-state index in [-0.39, 0.29) is 18.7 Å². The molecule has 0 saturated heterocycles. The zero-order valence-corrected chi connectivity index (χ0v) is 11.5. The molecule has 110 valence electrons. The number of hydrogen-bond acceptors (Lipinski definition) is 4. The van der Waals surface area contributed by atoms with Gasteiger partial charge in [0, 0.05) is 12.0 Å². The number of carbonyl (C=O) groups is 2. The summed E-state index contributed by atoms with van der Waals surface area (Å²) in [7, 11) is 0. The maximum absolute atomic E-state index is 11.7. The summed E-state index contributed by atoms with van der Waals surface area (Å²) in [5.74, 6) is -1.59. The highest BCUT2D eigenvalue weighted by Gasteiger charge is 2.32. The predicted octanol–water partition coefficient (Wildman–Crippen LogP) is 0.380. The lowest BCUT2D eigenvalue weighted by Crippen LogP contribution is -2.45. The van der Waals surface area contributed by atoms with Crippen LogP contribution in [0.2, 0.25) is 0 Å². The first-order chi connectivity index (χ1) is 9.27. The van der Waals surface area contributed by atoms with Crippen LogP contribution in [0.25, 0.3) is 0 Å². The van der Waals surface area contributed by atoms with Gasteiger partial charge in [-0.05, 0) is 17.7 Å². The van der Waals surface area contributed by atoms with Gasteiger partial charge in [0.25, 0.3) is 0 Å². The molecule has 6 nitrogen and oxygen atoms in total. The molecule has 20 heavy (non-hydrogen) atoms. The monoisotopic (exact) mass is 281 g/mol. The fourth-order valence-corrected chi connectivity index (χ4v) is 1.49. The van der Waals surface area contributed by atoms with Crippen molar-refractivity contribution in [3.63, 3.8) is 0 Å². The highest BCUT2D eigenvalue weighted by molar-refractivity contribution is 5.87. The van der Waals surface area contributed by atoms with Gasteiger partial charge in [0.2, 0.25) is 5.91 Å². The Labute approximate surface area is 117 Å². The first-order valence-electron chi connectivity index (χ1n) is 6.17. The predicted molar refractivity (Wildman–Crippen MR) is 72.1 cm³/mol. The number of carbonyl (C=O) groups excluding carboxylic acids is 1. The van der Waals surface area contributed by atoms with Crippen molar-refractivity contribution in [2.45, 2.75) is 26.5 Å². The third-order valence-corrected chi connectivity index (χ3v) is 3.06. The molecule has 1 rings (SSSR count). The van der Waals surface area contributed by atoms with Crippen LogP contribution in [0, 0.1) is 5.41 Å². The number of aliphatic hydroxyl groups is 2. The molecule has 0 fully saturated rings. The minimum Gasteiger partial charge on any atom is -0.478 e. The van der Waals surface area contributed by atoms with Crippen LogP contribution in [-0.4, -0.2) is 39.9 Å². The normalized spacial score (nSPS) is 12.8. The van der Waals surface area contributed by atoms with Gasteiger partial charge in [-0.15, -0.1) is 0 Å². The first kappa shape index (κ1) is 16.1. The molecule has 1 atom stereocenters. The number of aromatic carboxylic acids is 1. The van der Waals surface area contributed by atoms with Crippen LogP contribution in [-0.2, 0) is 11.3 Å². The van der Waals surface area contributed by atoms with Crippen molar-refractivity contribution in [1.82, 2.24) is 5.32 Å². The van der Waals surface area contributed by atoms with Crippen LogP contribution in [0.15, 0.2) is 24.3 Å².